The van der Waals surface area contributed by atoms with E-state index in [1.807, 2.05) is 12.1 Å². The SMILES string of the molecule is COc1cc(-c2ccc(N=NN(C)CC(=O)O)c(OC)c2)ccc1N=NN(C)CC(=O)O. The summed E-state index contributed by atoms with van der Waals surface area (Å²) < 4.78 is 10.8. The zero-order valence-corrected chi connectivity index (χ0v) is 18.1. The molecule has 0 atom stereocenters. The summed E-state index contributed by atoms with van der Waals surface area (Å²) in [6.45, 7) is -0.557. The third-order valence-electron chi connectivity index (χ3n) is 4.03. The number of hydrogen-bond donors (Lipinski definition) is 2. The van der Waals surface area contributed by atoms with Crippen LogP contribution in [-0.2, 0) is 9.59 Å². The average Bonchev–Trinajstić information content (AvgIpc) is 2.75. The minimum atomic E-state index is -1.01. The normalized spacial score (nSPS) is 11.0. The summed E-state index contributed by atoms with van der Waals surface area (Å²) in [5, 5.41) is 35.7. The number of likely N-dealkylation sites (N-methyl/N-ethyl adjacent to an activating group) is 2. The van der Waals surface area contributed by atoms with Crippen LogP contribution in [0.15, 0.2) is 57.1 Å². The maximum absolute atomic E-state index is 10.7. The van der Waals surface area contributed by atoms with Crippen molar-refractivity contribution in [3.8, 4) is 22.6 Å². The van der Waals surface area contributed by atoms with Gasteiger partial charge in [-0.3, -0.25) is 19.6 Å². The van der Waals surface area contributed by atoms with E-state index in [-0.39, 0.29) is 13.1 Å². The van der Waals surface area contributed by atoms with Crippen LogP contribution in [0.3, 0.4) is 0 Å². The smallest absolute Gasteiger partial charge is 0.324 e. The van der Waals surface area contributed by atoms with Gasteiger partial charge in [-0.2, -0.15) is 0 Å². The maximum atomic E-state index is 10.7. The van der Waals surface area contributed by atoms with Gasteiger partial charge in [0.15, 0.2) is 0 Å². The molecular weight excluding hydrogens is 420 g/mol. The van der Waals surface area contributed by atoms with Crippen LogP contribution in [0.5, 0.6) is 11.5 Å². The molecule has 0 aromatic heterocycles. The van der Waals surface area contributed by atoms with Crippen molar-refractivity contribution < 1.29 is 29.3 Å². The molecular formula is C20H24N6O6. The lowest BCUT2D eigenvalue weighted by molar-refractivity contribution is -0.139. The highest BCUT2D eigenvalue weighted by atomic mass is 16.5. The van der Waals surface area contributed by atoms with Crippen molar-refractivity contribution in [2.75, 3.05) is 41.4 Å². The summed E-state index contributed by atoms with van der Waals surface area (Å²) in [6, 6.07) is 10.6. The zero-order valence-electron chi connectivity index (χ0n) is 18.1. The number of rotatable bonds is 11. The number of ether oxygens (including phenoxy) is 2. The maximum Gasteiger partial charge on any atom is 0.324 e. The molecule has 0 spiro atoms. The molecule has 2 rings (SSSR count). The van der Waals surface area contributed by atoms with Gasteiger partial charge in [0.05, 0.1) is 14.2 Å². The molecule has 32 heavy (non-hydrogen) atoms. The van der Waals surface area contributed by atoms with Gasteiger partial charge in [-0.05, 0) is 35.4 Å². The summed E-state index contributed by atoms with van der Waals surface area (Å²) in [6.07, 6.45) is 0. The van der Waals surface area contributed by atoms with Gasteiger partial charge < -0.3 is 19.7 Å². The molecule has 0 fully saturated rings. The van der Waals surface area contributed by atoms with E-state index < -0.39 is 11.9 Å². The third-order valence-corrected chi connectivity index (χ3v) is 4.03. The monoisotopic (exact) mass is 444 g/mol. The van der Waals surface area contributed by atoms with Gasteiger partial charge in [0.25, 0.3) is 0 Å². The van der Waals surface area contributed by atoms with Crippen molar-refractivity contribution in [3.63, 3.8) is 0 Å². The van der Waals surface area contributed by atoms with Crippen LogP contribution >= 0.6 is 0 Å². The fraction of sp³-hybridized carbons (Fsp3) is 0.300. The minimum Gasteiger partial charge on any atom is -0.494 e. The van der Waals surface area contributed by atoms with E-state index in [1.54, 1.807) is 24.3 Å². The Kier molecular flexibility index (Phi) is 8.45. The second kappa shape index (κ2) is 11.2. The minimum absolute atomic E-state index is 0.278. The number of aliphatic carboxylic acids is 2. The molecule has 170 valence electrons. The first-order chi connectivity index (χ1) is 15.2. The van der Waals surface area contributed by atoms with Gasteiger partial charge in [0.2, 0.25) is 0 Å². The number of methoxy groups -OCH3 is 2. The number of carbonyl (C=O) groups is 2. The molecule has 0 radical (unpaired) electrons. The molecule has 0 saturated carbocycles. The average molecular weight is 444 g/mol. The van der Waals surface area contributed by atoms with E-state index in [0.717, 1.165) is 11.1 Å². The molecule has 0 aliphatic carbocycles. The second-order valence-electron chi connectivity index (χ2n) is 6.57. The molecule has 2 N–H and O–H groups in total. The largest absolute Gasteiger partial charge is 0.494 e. The zero-order chi connectivity index (χ0) is 23.7. The summed E-state index contributed by atoms with van der Waals surface area (Å²) in [5.41, 5.74) is 2.49. The second-order valence-corrected chi connectivity index (χ2v) is 6.57. The van der Waals surface area contributed by atoms with Crippen molar-refractivity contribution in [3.05, 3.63) is 36.4 Å². The number of nitrogens with zero attached hydrogens (tertiary/aromatic N) is 6. The first kappa shape index (κ1) is 24.1. The lowest BCUT2D eigenvalue weighted by atomic mass is 10.0. The Morgan fingerprint density at radius 2 is 1.16 bits per heavy atom. The highest BCUT2D eigenvalue weighted by Crippen LogP contribution is 2.37. The van der Waals surface area contributed by atoms with Crippen molar-refractivity contribution in [2.24, 2.45) is 20.7 Å². The van der Waals surface area contributed by atoms with Crippen molar-refractivity contribution in [1.29, 1.82) is 0 Å². The third kappa shape index (κ3) is 6.93. The molecule has 0 unspecified atom stereocenters. The fourth-order valence-corrected chi connectivity index (χ4v) is 2.58. The first-order valence-corrected chi connectivity index (χ1v) is 9.29. The van der Waals surface area contributed by atoms with E-state index in [0.29, 0.717) is 22.9 Å². The van der Waals surface area contributed by atoms with Gasteiger partial charge in [0.1, 0.15) is 36.0 Å². The highest BCUT2D eigenvalue weighted by molar-refractivity contribution is 5.73. The molecule has 0 bridgehead atoms. The topological polar surface area (TPSA) is 149 Å². The molecule has 12 heteroatoms. The van der Waals surface area contributed by atoms with Crippen LogP contribution in [0, 0.1) is 0 Å². The van der Waals surface area contributed by atoms with Crippen LogP contribution in [0.1, 0.15) is 0 Å². The number of carboxylic acids is 2. The highest BCUT2D eigenvalue weighted by Gasteiger charge is 2.10. The summed E-state index contributed by atoms with van der Waals surface area (Å²) in [7, 11) is 6.00. The lowest BCUT2D eigenvalue weighted by Gasteiger charge is -2.11. The molecule has 0 saturated heterocycles. The van der Waals surface area contributed by atoms with E-state index in [1.165, 1.54) is 38.3 Å². The van der Waals surface area contributed by atoms with Crippen LogP contribution in [0.4, 0.5) is 11.4 Å². The predicted octanol–water partition coefficient (Wildman–Crippen LogP) is 3.40. The quantitative estimate of drug-likeness (QED) is 0.395. The molecule has 2 aromatic carbocycles. The Labute approximate surface area is 184 Å². The van der Waals surface area contributed by atoms with Crippen LogP contribution in [0.25, 0.3) is 11.1 Å². The number of hydrogen-bond acceptors (Lipinski definition) is 8. The number of benzene rings is 2. The summed E-state index contributed by atoms with van der Waals surface area (Å²) in [5.74, 6) is -1.13. The number of carboxylic acid groups (broad SMARTS) is 2. The van der Waals surface area contributed by atoms with Crippen LogP contribution < -0.4 is 9.47 Å². The molecule has 0 aliphatic heterocycles. The molecule has 0 heterocycles. The lowest BCUT2D eigenvalue weighted by Crippen LogP contribution is -2.19. The van der Waals surface area contributed by atoms with Gasteiger partial charge in [-0.1, -0.05) is 22.6 Å². The van der Waals surface area contributed by atoms with E-state index >= 15 is 0 Å². The Hall–Kier alpha value is -4.22. The first-order valence-electron chi connectivity index (χ1n) is 9.29. The van der Waals surface area contributed by atoms with E-state index in [2.05, 4.69) is 20.7 Å². The van der Waals surface area contributed by atoms with Crippen LogP contribution in [-0.4, -0.2) is 73.6 Å². The van der Waals surface area contributed by atoms with E-state index in [4.69, 9.17) is 19.7 Å². The van der Waals surface area contributed by atoms with Crippen molar-refractivity contribution in [1.82, 2.24) is 10.0 Å². The Bertz CT molecular complexity index is 944. The summed E-state index contributed by atoms with van der Waals surface area (Å²) in [4.78, 5) is 21.4. The summed E-state index contributed by atoms with van der Waals surface area (Å²) >= 11 is 0. The van der Waals surface area contributed by atoms with Crippen molar-refractivity contribution >= 4 is 23.3 Å². The van der Waals surface area contributed by atoms with Gasteiger partial charge in [-0.15, -0.1) is 10.2 Å². The molecule has 0 aliphatic rings. The Balaban J connectivity index is 2.27. The van der Waals surface area contributed by atoms with E-state index in [9.17, 15) is 9.59 Å². The standard InChI is InChI=1S/C20H24N6O6/c1-25(11-19(27)28)23-21-15-7-5-13(9-17(15)31-3)14-6-8-16(18(10-14)32-4)22-24-26(2)12-20(29)30/h5-10H,11-12H2,1-4H3,(H,27,28)(H,29,30). The van der Waals surface area contributed by atoms with Crippen molar-refractivity contribution in [2.45, 2.75) is 0 Å². The molecule has 0 amide bonds. The van der Waals surface area contributed by atoms with Gasteiger partial charge in [0, 0.05) is 14.1 Å². The Morgan fingerprint density at radius 3 is 1.47 bits per heavy atom. The Morgan fingerprint density at radius 1 is 0.781 bits per heavy atom. The molecule has 12 nitrogen and oxygen atoms in total. The fourth-order valence-electron chi connectivity index (χ4n) is 2.58. The predicted molar refractivity (Wildman–Crippen MR) is 115 cm³/mol. The molecule has 2 aromatic rings. The van der Waals surface area contributed by atoms with Crippen LogP contribution in [0.2, 0.25) is 0 Å². The van der Waals surface area contributed by atoms with Gasteiger partial charge >= 0.3 is 11.9 Å². The van der Waals surface area contributed by atoms with Gasteiger partial charge in [-0.25, -0.2) is 0 Å².